The molecule has 224 valence electrons. The minimum atomic E-state index is -0.240. The molecule has 1 fully saturated rings. The maximum Gasteiger partial charge on any atom is 0.156 e. The summed E-state index contributed by atoms with van der Waals surface area (Å²) in [7, 11) is 0. The Balaban J connectivity index is 1.17. The second kappa shape index (κ2) is 12.2. The minimum Gasteiger partial charge on any atom is -0.392 e. The van der Waals surface area contributed by atoms with Crippen molar-refractivity contribution in [2.75, 3.05) is 23.7 Å². The Hall–Kier alpha value is -4.89. The average molecular weight is 614 g/mol. The zero-order valence-electron chi connectivity index (χ0n) is 24.8. The number of β-amino-alcohol motifs (C(OH)–C–C–N with tert-alkyl or cyclic N) is 1. The molecule has 2 aromatic carbocycles. The normalized spacial score (nSPS) is 15.0. The molecule has 0 radical (unpaired) electrons. The smallest absolute Gasteiger partial charge is 0.156 e. The van der Waals surface area contributed by atoms with Gasteiger partial charge in [0.2, 0.25) is 0 Å². The molecule has 0 saturated carbocycles. The van der Waals surface area contributed by atoms with Crippen LogP contribution in [0.1, 0.15) is 23.1 Å². The van der Waals surface area contributed by atoms with E-state index in [-0.39, 0.29) is 6.10 Å². The zero-order valence-corrected chi connectivity index (χ0v) is 25.6. The van der Waals surface area contributed by atoms with E-state index in [1.807, 2.05) is 54.7 Å². The van der Waals surface area contributed by atoms with E-state index in [0.717, 1.165) is 80.5 Å². The van der Waals surface area contributed by atoms with Crippen molar-refractivity contribution in [3.63, 3.8) is 0 Å². The van der Waals surface area contributed by atoms with Crippen LogP contribution in [0.5, 0.6) is 0 Å². The van der Waals surface area contributed by atoms with Crippen molar-refractivity contribution in [3.8, 4) is 11.1 Å². The Kier molecular flexibility index (Phi) is 7.85. The molecule has 9 heteroatoms. The van der Waals surface area contributed by atoms with Gasteiger partial charge in [0.1, 0.15) is 11.0 Å². The average Bonchev–Trinajstić information content (AvgIpc) is 3.47. The summed E-state index contributed by atoms with van der Waals surface area (Å²) < 4.78 is 0. The van der Waals surface area contributed by atoms with Gasteiger partial charge in [-0.3, -0.25) is 14.9 Å². The largest absolute Gasteiger partial charge is 0.392 e. The van der Waals surface area contributed by atoms with Crippen molar-refractivity contribution in [1.82, 2.24) is 24.8 Å². The third kappa shape index (κ3) is 5.83. The first kappa shape index (κ1) is 28.9. The van der Waals surface area contributed by atoms with E-state index in [9.17, 15) is 5.11 Å². The second-order valence-corrected chi connectivity index (χ2v) is 11.7. The Morgan fingerprint density at radius 3 is 2.27 bits per heavy atom. The molecule has 0 aliphatic carbocycles. The van der Waals surface area contributed by atoms with Crippen LogP contribution >= 0.6 is 11.6 Å². The van der Waals surface area contributed by atoms with Crippen LogP contribution in [-0.4, -0.2) is 49.1 Å². The number of anilines is 4. The Morgan fingerprint density at radius 1 is 0.889 bits per heavy atom. The summed E-state index contributed by atoms with van der Waals surface area (Å²) in [6.07, 6.45) is 9.59. The van der Waals surface area contributed by atoms with E-state index >= 15 is 0 Å². The number of pyridine rings is 4. The fourth-order valence-electron chi connectivity index (χ4n) is 5.93. The topological polar surface area (TPSA) is 99.1 Å². The van der Waals surface area contributed by atoms with Crippen molar-refractivity contribution in [1.29, 1.82) is 0 Å². The van der Waals surface area contributed by atoms with Crippen LogP contribution in [-0.2, 0) is 6.54 Å². The standard InChI is InChI=1S/C36H32ClN7O/c1-3-23-16-25-10-13-39-36(33(25)40-18-23)43-31-9-5-7-29(32(31)37)28-6-4-8-30(22(28)2)42-35-34-26(11-14-38-35)17-24(19-41-34)20-44-15-12-27(45)21-44/h3-11,13-14,16-19,27,45H,1,12,15,20-21H2,2H3,(H,38,42)(H,39,43)/t27-/m1/s1. The summed E-state index contributed by atoms with van der Waals surface area (Å²) >= 11 is 7.05. The van der Waals surface area contributed by atoms with Crippen molar-refractivity contribution >= 4 is 62.5 Å². The van der Waals surface area contributed by atoms with Gasteiger partial charge in [-0.2, -0.15) is 0 Å². The highest BCUT2D eigenvalue weighted by Gasteiger charge is 2.20. The molecule has 6 aromatic rings. The van der Waals surface area contributed by atoms with Crippen LogP contribution in [0.4, 0.5) is 23.0 Å². The third-order valence-electron chi connectivity index (χ3n) is 8.29. The lowest BCUT2D eigenvalue weighted by Gasteiger charge is -2.17. The van der Waals surface area contributed by atoms with E-state index in [0.29, 0.717) is 23.2 Å². The van der Waals surface area contributed by atoms with Crippen LogP contribution in [0, 0.1) is 6.92 Å². The molecule has 0 unspecified atom stereocenters. The molecule has 1 aliphatic rings. The number of halogens is 1. The number of aromatic nitrogens is 4. The fourth-order valence-corrected chi connectivity index (χ4v) is 6.21. The van der Waals surface area contributed by atoms with Gasteiger partial charge in [-0.1, -0.05) is 48.5 Å². The van der Waals surface area contributed by atoms with Gasteiger partial charge in [0.05, 0.1) is 16.8 Å². The number of fused-ring (bicyclic) bond motifs is 2. The summed E-state index contributed by atoms with van der Waals surface area (Å²) in [6, 6.07) is 20.1. The lowest BCUT2D eigenvalue weighted by atomic mass is 9.98. The SMILES string of the molecule is C=Cc1cnc2c(Nc3cccc(-c4cccc(Nc5nccc6cc(CN7CC[C@@H](O)C7)cnc56)c4C)c3Cl)nccc2c1. The van der Waals surface area contributed by atoms with Crippen LogP contribution in [0.2, 0.25) is 5.02 Å². The van der Waals surface area contributed by atoms with Crippen LogP contribution in [0.15, 0.2) is 92.0 Å². The minimum absolute atomic E-state index is 0.240. The van der Waals surface area contributed by atoms with Gasteiger partial charge in [0, 0.05) is 66.4 Å². The van der Waals surface area contributed by atoms with E-state index in [1.54, 1.807) is 24.7 Å². The number of likely N-dealkylation sites (tertiary alicyclic amines) is 1. The maximum atomic E-state index is 9.89. The number of hydrogen-bond donors (Lipinski definition) is 3. The molecule has 3 N–H and O–H groups in total. The molecular formula is C36H32ClN7O. The number of benzene rings is 2. The summed E-state index contributed by atoms with van der Waals surface area (Å²) in [5, 5.41) is 19.4. The first-order chi connectivity index (χ1) is 22.0. The molecule has 7 rings (SSSR count). The summed E-state index contributed by atoms with van der Waals surface area (Å²) in [4.78, 5) is 20.8. The van der Waals surface area contributed by atoms with Gasteiger partial charge in [0.25, 0.3) is 0 Å². The predicted molar refractivity (Wildman–Crippen MR) is 183 cm³/mol. The molecule has 1 aliphatic heterocycles. The van der Waals surface area contributed by atoms with Crippen LogP contribution in [0.25, 0.3) is 39.0 Å². The highest BCUT2D eigenvalue weighted by atomic mass is 35.5. The molecule has 1 saturated heterocycles. The molecule has 0 bridgehead atoms. The number of nitrogens with zero attached hydrogens (tertiary/aromatic N) is 5. The molecule has 0 amide bonds. The lowest BCUT2D eigenvalue weighted by Crippen LogP contribution is -2.21. The lowest BCUT2D eigenvalue weighted by molar-refractivity contribution is 0.175. The first-order valence-corrected chi connectivity index (χ1v) is 15.3. The van der Waals surface area contributed by atoms with Crippen molar-refractivity contribution in [2.45, 2.75) is 26.0 Å². The van der Waals surface area contributed by atoms with Gasteiger partial charge in [-0.15, -0.1) is 0 Å². The number of nitrogens with one attached hydrogen (secondary N) is 2. The highest BCUT2D eigenvalue weighted by molar-refractivity contribution is 6.36. The van der Waals surface area contributed by atoms with Crippen molar-refractivity contribution in [3.05, 3.63) is 114 Å². The van der Waals surface area contributed by atoms with Gasteiger partial charge in [0.15, 0.2) is 11.6 Å². The fraction of sp³-hybridized carbons (Fsp3) is 0.167. The second-order valence-electron chi connectivity index (χ2n) is 11.4. The zero-order chi connectivity index (χ0) is 30.9. The van der Waals surface area contributed by atoms with Crippen molar-refractivity contribution in [2.24, 2.45) is 0 Å². The van der Waals surface area contributed by atoms with Gasteiger partial charge in [-0.25, -0.2) is 9.97 Å². The number of rotatable bonds is 8. The quantitative estimate of drug-likeness (QED) is 0.159. The summed E-state index contributed by atoms with van der Waals surface area (Å²) in [5.74, 6) is 1.32. The maximum absolute atomic E-state index is 9.89. The summed E-state index contributed by atoms with van der Waals surface area (Å²) in [6.45, 7) is 8.28. The molecule has 1 atom stereocenters. The Labute approximate surface area is 266 Å². The van der Waals surface area contributed by atoms with Gasteiger partial charge in [-0.05, 0) is 72.0 Å². The molecule has 0 spiro atoms. The number of aliphatic hydroxyl groups is 1. The molecule has 45 heavy (non-hydrogen) atoms. The number of aliphatic hydroxyl groups excluding tert-OH is 1. The molecular weight excluding hydrogens is 582 g/mol. The molecule has 8 nitrogen and oxygen atoms in total. The Bertz CT molecular complexity index is 2060. The van der Waals surface area contributed by atoms with Crippen LogP contribution < -0.4 is 10.6 Å². The van der Waals surface area contributed by atoms with Gasteiger partial charge < -0.3 is 15.7 Å². The highest BCUT2D eigenvalue weighted by Crippen LogP contribution is 2.39. The Morgan fingerprint density at radius 2 is 1.56 bits per heavy atom. The molecule has 5 heterocycles. The van der Waals surface area contributed by atoms with Gasteiger partial charge >= 0.3 is 0 Å². The van der Waals surface area contributed by atoms with E-state index in [4.69, 9.17) is 16.6 Å². The summed E-state index contributed by atoms with van der Waals surface area (Å²) in [5.41, 5.74) is 8.19. The number of hydrogen-bond acceptors (Lipinski definition) is 8. The third-order valence-corrected chi connectivity index (χ3v) is 8.70. The molecule has 4 aromatic heterocycles. The van der Waals surface area contributed by atoms with Crippen LogP contribution in [0.3, 0.4) is 0 Å². The van der Waals surface area contributed by atoms with E-state index < -0.39 is 0 Å². The first-order valence-electron chi connectivity index (χ1n) is 14.9. The van der Waals surface area contributed by atoms with E-state index in [2.05, 4.69) is 56.1 Å². The van der Waals surface area contributed by atoms with Crippen molar-refractivity contribution < 1.29 is 5.11 Å². The monoisotopic (exact) mass is 613 g/mol. The van der Waals surface area contributed by atoms with E-state index in [1.165, 1.54) is 0 Å². The predicted octanol–water partition coefficient (Wildman–Crippen LogP) is 7.90.